The summed E-state index contributed by atoms with van der Waals surface area (Å²) in [6.45, 7) is 6.31. The van der Waals surface area contributed by atoms with Crippen molar-refractivity contribution >= 4 is 50.6 Å². The van der Waals surface area contributed by atoms with Crippen molar-refractivity contribution in [2.75, 3.05) is 42.3 Å². The molecule has 3 rings (SSSR count). The van der Waals surface area contributed by atoms with Crippen molar-refractivity contribution in [2.24, 2.45) is 0 Å². The van der Waals surface area contributed by atoms with E-state index in [1.165, 1.54) is 24.3 Å². The van der Waals surface area contributed by atoms with E-state index in [0.717, 1.165) is 26.1 Å². The fourth-order valence-electron chi connectivity index (χ4n) is 3.43. The van der Waals surface area contributed by atoms with Crippen LogP contribution in [0.5, 0.6) is 0 Å². The Bertz CT molecular complexity index is 1040. The number of anilines is 2. The summed E-state index contributed by atoms with van der Waals surface area (Å²) in [5.74, 6) is -1.11. The van der Waals surface area contributed by atoms with Crippen LogP contribution in [0.3, 0.4) is 0 Å². The predicted octanol–water partition coefficient (Wildman–Crippen LogP) is 4.02. The highest BCUT2D eigenvalue weighted by Gasteiger charge is 2.23. The van der Waals surface area contributed by atoms with Gasteiger partial charge in [-0.2, -0.15) is 0 Å². The molecular weight excluding hydrogens is 449 g/mol. The van der Waals surface area contributed by atoms with Gasteiger partial charge in [-0.15, -0.1) is 0 Å². The van der Waals surface area contributed by atoms with Gasteiger partial charge in [-0.1, -0.05) is 30.1 Å². The summed E-state index contributed by atoms with van der Waals surface area (Å²) in [7, 11) is -3.95. The van der Waals surface area contributed by atoms with Gasteiger partial charge in [0.05, 0.1) is 26.2 Å². The Balaban J connectivity index is 1.83. The van der Waals surface area contributed by atoms with Gasteiger partial charge >= 0.3 is 5.97 Å². The van der Waals surface area contributed by atoms with Gasteiger partial charge in [-0.25, -0.2) is 13.2 Å². The second-order valence-corrected chi connectivity index (χ2v) is 9.54. The number of nitrogens with one attached hydrogen (secondary N) is 1. The first-order valence-electron chi connectivity index (χ1n) is 9.54. The van der Waals surface area contributed by atoms with Crippen LogP contribution in [0, 0.1) is 0 Å². The number of carboxylic acid groups (broad SMARTS) is 1. The lowest BCUT2D eigenvalue weighted by molar-refractivity contribution is 0.0697. The van der Waals surface area contributed by atoms with Crippen LogP contribution in [0.4, 0.5) is 11.4 Å². The molecule has 0 radical (unpaired) electrons. The number of benzene rings is 2. The zero-order valence-electron chi connectivity index (χ0n) is 16.4. The molecular formula is C20H23Cl2N3O4S. The van der Waals surface area contributed by atoms with Crippen molar-refractivity contribution < 1.29 is 18.3 Å². The molecule has 0 aromatic heterocycles. The Kier molecular flexibility index (Phi) is 7.13. The zero-order chi connectivity index (χ0) is 21.9. The van der Waals surface area contributed by atoms with Gasteiger partial charge in [-0.3, -0.25) is 9.62 Å². The van der Waals surface area contributed by atoms with Crippen LogP contribution in [0.25, 0.3) is 0 Å². The van der Waals surface area contributed by atoms with Crippen LogP contribution in [0.2, 0.25) is 10.0 Å². The van der Waals surface area contributed by atoms with Crippen LogP contribution in [-0.2, 0) is 10.0 Å². The minimum Gasteiger partial charge on any atom is -0.478 e. The molecule has 1 saturated heterocycles. The van der Waals surface area contributed by atoms with Crippen LogP contribution in [0.1, 0.15) is 23.7 Å². The monoisotopic (exact) mass is 471 g/mol. The third-order valence-corrected chi connectivity index (χ3v) is 7.05. The maximum atomic E-state index is 12.7. The molecule has 2 aromatic carbocycles. The van der Waals surface area contributed by atoms with Crippen molar-refractivity contribution in [3.63, 3.8) is 0 Å². The first-order valence-corrected chi connectivity index (χ1v) is 11.8. The van der Waals surface area contributed by atoms with Crippen LogP contribution in [0.15, 0.2) is 41.3 Å². The standard InChI is InChI=1S/C20H23Cl2N3O4S/c1-2-7-24-8-10-25(11-9-24)19-6-3-14(12-16(19)20(26)27)23-30(28,29)15-4-5-17(21)18(22)13-15/h3-6,12-13,23H,2,7-11H2,1H3,(H,26,27). The van der Waals surface area contributed by atoms with E-state index in [1.54, 1.807) is 12.1 Å². The number of carboxylic acids is 1. The fourth-order valence-corrected chi connectivity index (χ4v) is 4.87. The minimum absolute atomic E-state index is 0.0493. The van der Waals surface area contributed by atoms with Gasteiger partial charge < -0.3 is 10.0 Å². The lowest BCUT2D eigenvalue weighted by atomic mass is 10.1. The number of hydrogen-bond acceptors (Lipinski definition) is 5. The number of halogens is 2. The average Bonchev–Trinajstić information content (AvgIpc) is 2.70. The van der Waals surface area contributed by atoms with Crippen molar-refractivity contribution in [1.82, 2.24) is 4.90 Å². The molecule has 0 atom stereocenters. The normalized spacial score (nSPS) is 15.2. The van der Waals surface area contributed by atoms with Gasteiger partial charge in [0.25, 0.3) is 10.0 Å². The van der Waals surface area contributed by atoms with Gasteiger partial charge in [0.1, 0.15) is 0 Å². The molecule has 0 saturated carbocycles. The van der Waals surface area contributed by atoms with E-state index in [2.05, 4.69) is 16.5 Å². The van der Waals surface area contributed by atoms with E-state index < -0.39 is 16.0 Å². The fraction of sp³-hybridized carbons (Fsp3) is 0.350. The summed E-state index contributed by atoms with van der Waals surface area (Å²) < 4.78 is 27.7. The lowest BCUT2D eigenvalue weighted by Gasteiger charge is -2.36. The third-order valence-electron chi connectivity index (χ3n) is 4.93. The van der Waals surface area contributed by atoms with Crippen LogP contribution in [-0.4, -0.2) is 57.1 Å². The number of rotatable bonds is 7. The summed E-state index contributed by atoms with van der Waals surface area (Å²) in [6, 6.07) is 8.52. The molecule has 1 aliphatic heterocycles. The van der Waals surface area contributed by atoms with Crippen molar-refractivity contribution in [2.45, 2.75) is 18.2 Å². The van der Waals surface area contributed by atoms with E-state index in [-0.39, 0.29) is 26.2 Å². The van der Waals surface area contributed by atoms with E-state index in [1.807, 2.05) is 4.90 Å². The molecule has 0 bridgehead atoms. The first kappa shape index (κ1) is 22.7. The summed E-state index contributed by atoms with van der Waals surface area (Å²) in [4.78, 5) is 16.2. The number of aromatic carboxylic acids is 1. The van der Waals surface area contributed by atoms with E-state index in [9.17, 15) is 18.3 Å². The molecule has 162 valence electrons. The highest BCUT2D eigenvalue weighted by atomic mass is 35.5. The average molecular weight is 472 g/mol. The molecule has 10 heteroatoms. The minimum atomic E-state index is -3.95. The highest BCUT2D eigenvalue weighted by Crippen LogP contribution is 2.29. The number of carbonyl (C=O) groups is 1. The third kappa shape index (κ3) is 5.18. The molecule has 0 aliphatic carbocycles. The molecule has 30 heavy (non-hydrogen) atoms. The molecule has 7 nitrogen and oxygen atoms in total. The SMILES string of the molecule is CCCN1CCN(c2ccc(NS(=O)(=O)c3ccc(Cl)c(Cl)c3)cc2C(=O)O)CC1. The number of nitrogens with zero attached hydrogens (tertiary/aromatic N) is 2. The number of hydrogen-bond donors (Lipinski definition) is 2. The van der Waals surface area contributed by atoms with Gasteiger partial charge in [-0.05, 0) is 49.4 Å². The summed E-state index contributed by atoms with van der Waals surface area (Å²) >= 11 is 11.8. The Morgan fingerprint density at radius 2 is 1.77 bits per heavy atom. The molecule has 1 aliphatic rings. The number of piperazine rings is 1. The van der Waals surface area contributed by atoms with E-state index in [0.29, 0.717) is 18.8 Å². The van der Waals surface area contributed by atoms with Gasteiger partial charge in [0, 0.05) is 31.9 Å². The molecule has 0 amide bonds. The molecule has 2 aromatic rings. The lowest BCUT2D eigenvalue weighted by Crippen LogP contribution is -2.47. The molecule has 0 unspecified atom stereocenters. The van der Waals surface area contributed by atoms with Crippen molar-refractivity contribution in [3.8, 4) is 0 Å². The van der Waals surface area contributed by atoms with Crippen LogP contribution < -0.4 is 9.62 Å². The summed E-state index contributed by atoms with van der Waals surface area (Å²) in [5.41, 5.74) is 0.788. The smallest absolute Gasteiger partial charge is 0.337 e. The summed E-state index contributed by atoms with van der Waals surface area (Å²) in [5, 5.41) is 10.0. The van der Waals surface area contributed by atoms with Crippen molar-refractivity contribution in [1.29, 1.82) is 0 Å². The topological polar surface area (TPSA) is 90.0 Å². The maximum absolute atomic E-state index is 12.7. The Morgan fingerprint density at radius 3 is 2.37 bits per heavy atom. The Hall–Kier alpha value is -2.00. The van der Waals surface area contributed by atoms with Gasteiger partial charge in [0.2, 0.25) is 0 Å². The second kappa shape index (κ2) is 9.43. The highest BCUT2D eigenvalue weighted by molar-refractivity contribution is 7.92. The Morgan fingerprint density at radius 1 is 1.07 bits per heavy atom. The van der Waals surface area contributed by atoms with Crippen LogP contribution >= 0.6 is 23.2 Å². The maximum Gasteiger partial charge on any atom is 0.337 e. The molecule has 0 spiro atoms. The molecule has 1 fully saturated rings. The largest absolute Gasteiger partial charge is 0.478 e. The second-order valence-electron chi connectivity index (χ2n) is 7.05. The molecule has 1 heterocycles. The number of sulfonamides is 1. The van der Waals surface area contributed by atoms with E-state index >= 15 is 0 Å². The summed E-state index contributed by atoms with van der Waals surface area (Å²) in [6.07, 6.45) is 1.08. The molecule has 2 N–H and O–H groups in total. The quantitative estimate of drug-likeness (QED) is 0.633. The van der Waals surface area contributed by atoms with Gasteiger partial charge in [0.15, 0.2) is 0 Å². The Labute approximate surface area is 186 Å². The zero-order valence-corrected chi connectivity index (χ0v) is 18.8. The van der Waals surface area contributed by atoms with Crippen molar-refractivity contribution in [3.05, 3.63) is 52.0 Å². The van der Waals surface area contributed by atoms with E-state index in [4.69, 9.17) is 23.2 Å². The first-order chi connectivity index (χ1) is 14.2. The predicted molar refractivity (Wildman–Crippen MR) is 120 cm³/mol.